The van der Waals surface area contributed by atoms with Gasteiger partial charge in [-0.25, -0.2) is 5.43 Å². The first-order valence-corrected chi connectivity index (χ1v) is 11.6. The highest BCUT2D eigenvalue weighted by Gasteiger charge is 2.05. The second-order valence-corrected chi connectivity index (χ2v) is 8.50. The minimum atomic E-state index is -0.319. The van der Waals surface area contributed by atoms with Crippen molar-refractivity contribution in [2.45, 2.75) is 13.2 Å². The minimum absolute atomic E-state index is 0.319. The van der Waals surface area contributed by atoms with E-state index >= 15 is 0 Å². The van der Waals surface area contributed by atoms with Crippen LogP contribution in [0, 0.1) is 0 Å². The molecule has 0 saturated heterocycles. The molecule has 0 saturated carbocycles. The molecule has 0 unspecified atom stereocenters. The largest absolute Gasteiger partial charge is 0.489 e. The van der Waals surface area contributed by atoms with Gasteiger partial charge >= 0.3 is 0 Å². The Kier molecular flexibility index (Phi) is 8.39. The fourth-order valence-corrected chi connectivity index (χ4v) is 3.36. The van der Waals surface area contributed by atoms with Crippen LogP contribution < -0.4 is 14.9 Å². The lowest BCUT2D eigenvalue weighted by molar-refractivity contribution is 0.0955. The van der Waals surface area contributed by atoms with Crippen LogP contribution in [0.5, 0.6) is 11.5 Å². The summed E-state index contributed by atoms with van der Waals surface area (Å²) in [5.74, 6) is 1.04. The van der Waals surface area contributed by atoms with Gasteiger partial charge in [0, 0.05) is 15.6 Å². The molecule has 0 heterocycles. The Morgan fingerprint density at radius 3 is 1.91 bits per heavy atom. The second kappa shape index (κ2) is 12.1. The summed E-state index contributed by atoms with van der Waals surface area (Å²) in [5, 5.41) is 5.43. The van der Waals surface area contributed by atoms with Crippen LogP contribution in [0.25, 0.3) is 0 Å². The lowest BCUT2D eigenvalue weighted by Crippen LogP contribution is -2.17. The van der Waals surface area contributed by atoms with E-state index in [1.807, 2.05) is 72.8 Å². The average molecular weight is 505 g/mol. The number of nitrogens with zero attached hydrogens (tertiary/aromatic N) is 1. The van der Waals surface area contributed by atoms with Crippen LogP contribution in [0.15, 0.2) is 102 Å². The Balaban J connectivity index is 1.26. The third kappa shape index (κ3) is 7.60. The highest BCUT2D eigenvalue weighted by molar-refractivity contribution is 6.30. The molecule has 7 heteroatoms. The summed E-state index contributed by atoms with van der Waals surface area (Å²) >= 11 is 11.8. The topological polar surface area (TPSA) is 59.9 Å². The van der Waals surface area contributed by atoms with Crippen LogP contribution in [-0.2, 0) is 13.2 Å². The monoisotopic (exact) mass is 504 g/mol. The summed E-state index contributed by atoms with van der Waals surface area (Å²) < 4.78 is 11.6. The van der Waals surface area contributed by atoms with E-state index in [0.717, 1.165) is 16.7 Å². The highest BCUT2D eigenvalue weighted by atomic mass is 35.5. The van der Waals surface area contributed by atoms with E-state index in [9.17, 15) is 4.79 Å². The van der Waals surface area contributed by atoms with Gasteiger partial charge in [0.15, 0.2) is 0 Å². The number of rotatable bonds is 9. The Bertz CT molecular complexity index is 1290. The van der Waals surface area contributed by atoms with E-state index in [-0.39, 0.29) is 5.91 Å². The van der Waals surface area contributed by atoms with Gasteiger partial charge in [0.25, 0.3) is 5.91 Å². The summed E-state index contributed by atoms with van der Waals surface area (Å²) in [5.41, 5.74) is 5.83. The fourth-order valence-electron chi connectivity index (χ4n) is 3.11. The van der Waals surface area contributed by atoms with Crippen molar-refractivity contribution in [3.63, 3.8) is 0 Å². The molecule has 176 valence electrons. The molecule has 0 aliphatic carbocycles. The van der Waals surface area contributed by atoms with E-state index in [2.05, 4.69) is 10.5 Å². The quantitative estimate of drug-likeness (QED) is 0.199. The molecule has 0 atom stereocenters. The van der Waals surface area contributed by atoms with Gasteiger partial charge in [-0.2, -0.15) is 5.10 Å². The van der Waals surface area contributed by atoms with Gasteiger partial charge < -0.3 is 9.47 Å². The number of carbonyl (C=O) groups excluding carboxylic acids is 1. The van der Waals surface area contributed by atoms with Crippen LogP contribution in [0.3, 0.4) is 0 Å². The van der Waals surface area contributed by atoms with E-state index in [0.29, 0.717) is 40.3 Å². The van der Waals surface area contributed by atoms with Crippen molar-refractivity contribution >= 4 is 35.3 Å². The zero-order valence-electron chi connectivity index (χ0n) is 18.7. The predicted molar refractivity (Wildman–Crippen MR) is 140 cm³/mol. The first kappa shape index (κ1) is 24.3. The molecule has 0 radical (unpaired) electrons. The third-order valence-corrected chi connectivity index (χ3v) is 5.50. The van der Waals surface area contributed by atoms with Gasteiger partial charge in [0.2, 0.25) is 0 Å². The van der Waals surface area contributed by atoms with E-state index in [4.69, 9.17) is 32.7 Å². The smallest absolute Gasteiger partial charge is 0.271 e. The molecule has 35 heavy (non-hydrogen) atoms. The number of hydrogen-bond donors (Lipinski definition) is 1. The highest BCUT2D eigenvalue weighted by Crippen LogP contribution is 2.17. The summed E-state index contributed by atoms with van der Waals surface area (Å²) in [7, 11) is 0. The molecule has 0 spiro atoms. The maximum atomic E-state index is 12.4. The van der Waals surface area contributed by atoms with Crippen LogP contribution in [-0.4, -0.2) is 12.1 Å². The van der Waals surface area contributed by atoms with E-state index in [1.54, 1.807) is 30.5 Å². The van der Waals surface area contributed by atoms with Crippen molar-refractivity contribution in [3.8, 4) is 11.5 Å². The molecule has 0 aliphatic heterocycles. The van der Waals surface area contributed by atoms with Crippen molar-refractivity contribution in [2.75, 3.05) is 0 Å². The summed E-state index contributed by atoms with van der Waals surface area (Å²) in [6, 6.07) is 29.3. The van der Waals surface area contributed by atoms with Crippen molar-refractivity contribution in [1.82, 2.24) is 5.43 Å². The van der Waals surface area contributed by atoms with Crippen molar-refractivity contribution < 1.29 is 14.3 Å². The van der Waals surface area contributed by atoms with Crippen LogP contribution in [0.2, 0.25) is 10.0 Å². The van der Waals surface area contributed by atoms with Gasteiger partial charge in [0.1, 0.15) is 24.7 Å². The van der Waals surface area contributed by atoms with Crippen molar-refractivity contribution in [1.29, 1.82) is 0 Å². The predicted octanol–water partition coefficient (Wildman–Crippen LogP) is 6.92. The number of hydrogen-bond acceptors (Lipinski definition) is 4. The van der Waals surface area contributed by atoms with Crippen molar-refractivity contribution in [2.24, 2.45) is 5.10 Å². The molecule has 5 nitrogen and oxygen atoms in total. The third-order valence-electron chi connectivity index (χ3n) is 4.99. The first-order chi connectivity index (χ1) is 17.0. The average Bonchev–Trinajstić information content (AvgIpc) is 2.88. The zero-order valence-corrected chi connectivity index (χ0v) is 20.2. The van der Waals surface area contributed by atoms with Gasteiger partial charge in [-0.15, -0.1) is 0 Å². The maximum absolute atomic E-state index is 12.4. The first-order valence-electron chi connectivity index (χ1n) is 10.8. The van der Waals surface area contributed by atoms with Gasteiger partial charge in [0.05, 0.1) is 6.21 Å². The molecular weight excluding hydrogens is 483 g/mol. The molecule has 1 N–H and O–H groups in total. The second-order valence-electron chi connectivity index (χ2n) is 7.63. The molecule has 0 fully saturated rings. The SMILES string of the molecule is O=C(NN=Cc1cccc(OCc2ccc(Cl)cc2)c1)c1ccc(OCc2ccc(Cl)cc2)cc1. The molecule has 4 aromatic rings. The van der Waals surface area contributed by atoms with Gasteiger partial charge in [-0.1, -0.05) is 59.6 Å². The fraction of sp³-hybridized carbons (Fsp3) is 0.0714. The molecule has 0 bridgehead atoms. The number of carbonyl (C=O) groups is 1. The van der Waals surface area contributed by atoms with Crippen molar-refractivity contribution in [3.05, 3.63) is 129 Å². The van der Waals surface area contributed by atoms with Crippen LogP contribution >= 0.6 is 23.2 Å². The summed E-state index contributed by atoms with van der Waals surface area (Å²) in [4.78, 5) is 12.4. The Labute approximate surface area is 213 Å². The van der Waals surface area contributed by atoms with Crippen LogP contribution in [0.4, 0.5) is 0 Å². The van der Waals surface area contributed by atoms with E-state index in [1.165, 1.54) is 0 Å². The molecule has 4 rings (SSSR count). The Hall–Kier alpha value is -3.80. The van der Waals surface area contributed by atoms with Gasteiger partial charge in [-0.3, -0.25) is 4.79 Å². The standard InChI is InChI=1S/C28H22Cl2N2O3/c29-24-10-4-20(5-11-24)18-34-26-14-8-23(9-15-26)28(33)32-31-17-22-2-1-3-27(16-22)35-19-21-6-12-25(30)13-7-21/h1-17H,18-19H2,(H,32,33). The normalized spacial score (nSPS) is 10.8. The lowest BCUT2D eigenvalue weighted by Gasteiger charge is -2.07. The molecular formula is C28H22Cl2N2O3. The number of halogens is 2. The lowest BCUT2D eigenvalue weighted by atomic mass is 10.2. The zero-order chi connectivity index (χ0) is 24.5. The molecule has 0 aliphatic rings. The van der Waals surface area contributed by atoms with Gasteiger partial charge in [-0.05, 0) is 77.4 Å². The number of amides is 1. The maximum Gasteiger partial charge on any atom is 0.271 e. The summed E-state index contributed by atoms with van der Waals surface area (Å²) in [6.45, 7) is 0.837. The number of benzene rings is 4. The minimum Gasteiger partial charge on any atom is -0.489 e. The number of hydrazone groups is 1. The molecule has 4 aromatic carbocycles. The Morgan fingerprint density at radius 2 is 1.31 bits per heavy atom. The number of ether oxygens (including phenoxy) is 2. The molecule has 0 aromatic heterocycles. The summed E-state index contributed by atoms with van der Waals surface area (Å²) in [6.07, 6.45) is 1.57. The molecule has 1 amide bonds. The van der Waals surface area contributed by atoms with E-state index < -0.39 is 0 Å². The Morgan fingerprint density at radius 1 is 0.743 bits per heavy atom. The van der Waals surface area contributed by atoms with Crippen LogP contribution in [0.1, 0.15) is 27.0 Å². The number of nitrogens with one attached hydrogen (secondary N) is 1.